The highest BCUT2D eigenvalue weighted by Gasteiger charge is 2.33. The van der Waals surface area contributed by atoms with E-state index in [1.165, 1.54) is 0 Å². The Balaban J connectivity index is 1.48. The van der Waals surface area contributed by atoms with Crippen molar-refractivity contribution in [3.63, 3.8) is 0 Å². The molecule has 1 atom stereocenters. The molecule has 8 nitrogen and oxygen atoms in total. The van der Waals surface area contributed by atoms with Crippen molar-refractivity contribution >= 4 is 11.8 Å². The fraction of sp³-hybridized carbons (Fsp3) is 0.550. The Labute approximate surface area is 164 Å². The maximum atomic E-state index is 12.6. The minimum absolute atomic E-state index is 0.00100. The van der Waals surface area contributed by atoms with Crippen molar-refractivity contribution < 1.29 is 14.1 Å². The second kappa shape index (κ2) is 8.95. The summed E-state index contributed by atoms with van der Waals surface area (Å²) in [5.41, 5.74) is 0.840. The van der Waals surface area contributed by atoms with Crippen molar-refractivity contribution in [2.45, 2.75) is 46.1 Å². The highest BCUT2D eigenvalue weighted by atomic mass is 16.5. The minimum Gasteiger partial charge on any atom is -0.339 e. The lowest BCUT2D eigenvalue weighted by Crippen LogP contribution is -2.58. The summed E-state index contributed by atoms with van der Waals surface area (Å²) in [6.45, 7) is 7.92. The molecule has 28 heavy (non-hydrogen) atoms. The first-order valence-corrected chi connectivity index (χ1v) is 9.77. The molecule has 0 spiro atoms. The van der Waals surface area contributed by atoms with Gasteiger partial charge in [0, 0.05) is 50.4 Å². The summed E-state index contributed by atoms with van der Waals surface area (Å²) in [4.78, 5) is 37.0. The largest absolute Gasteiger partial charge is 0.339 e. The van der Waals surface area contributed by atoms with E-state index in [0.29, 0.717) is 50.0 Å². The summed E-state index contributed by atoms with van der Waals surface area (Å²) >= 11 is 0. The van der Waals surface area contributed by atoms with Crippen molar-refractivity contribution in [2.75, 3.05) is 19.6 Å². The summed E-state index contributed by atoms with van der Waals surface area (Å²) in [7, 11) is 0. The number of carbonyl (C=O) groups is 2. The minimum atomic E-state index is -0.401. The molecular formula is C20H27N5O3. The molecule has 0 saturated carbocycles. The molecule has 1 aliphatic rings. The summed E-state index contributed by atoms with van der Waals surface area (Å²) in [6, 6.07) is 3.23. The lowest BCUT2D eigenvalue weighted by atomic mass is 10.1. The summed E-state index contributed by atoms with van der Waals surface area (Å²) < 4.78 is 5.27. The highest BCUT2D eigenvalue weighted by molar-refractivity contribution is 5.88. The number of pyridine rings is 1. The normalized spacial score (nSPS) is 17.4. The van der Waals surface area contributed by atoms with Gasteiger partial charge in [-0.2, -0.15) is 4.98 Å². The van der Waals surface area contributed by atoms with E-state index in [2.05, 4.69) is 29.0 Å². The third-order valence-corrected chi connectivity index (χ3v) is 4.84. The molecule has 2 aromatic rings. The van der Waals surface area contributed by atoms with E-state index in [-0.39, 0.29) is 11.8 Å². The summed E-state index contributed by atoms with van der Waals surface area (Å²) in [5, 5.41) is 3.97. The van der Waals surface area contributed by atoms with Gasteiger partial charge in [-0.3, -0.25) is 14.6 Å². The van der Waals surface area contributed by atoms with Crippen LogP contribution in [0.5, 0.6) is 0 Å². The fourth-order valence-electron chi connectivity index (χ4n) is 3.40. The molecule has 0 unspecified atom stereocenters. The first-order chi connectivity index (χ1) is 13.5. The highest BCUT2D eigenvalue weighted by Crippen LogP contribution is 2.17. The van der Waals surface area contributed by atoms with Gasteiger partial charge in [-0.1, -0.05) is 19.0 Å². The predicted molar refractivity (Wildman–Crippen MR) is 103 cm³/mol. The lowest BCUT2D eigenvalue weighted by molar-refractivity contribution is -0.151. The molecule has 0 bridgehead atoms. The van der Waals surface area contributed by atoms with Crippen LogP contribution < -0.4 is 0 Å². The third kappa shape index (κ3) is 4.74. The average Bonchev–Trinajstić information content (AvgIpc) is 3.15. The van der Waals surface area contributed by atoms with Crippen LogP contribution in [0.2, 0.25) is 0 Å². The number of carbonyl (C=O) groups excluding carboxylic acids is 2. The zero-order valence-electron chi connectivity index (χ0n) is 16.7. The monoisotopic (exact) mass is 385 g/mol. The van der Waals surface area contributed by atoms with E-state index in [9.17, 15) is 9.59 Å². The van der Waals surface area contributed by atoms with Gasteiger partial charge in [-0.05, 0) is 31.4 Å². The Morgan fingerprint density at radius 1 is 1.29 bits per heavy atom. The van der Waals surface area contributed by atoms with Crippen molar-refractivity contribution in [1.29, 1.82) is 0 Å². The van der Waals surface area contributed by atoms with Crippen LogP contribution in [0.3, 0.4) is 0 Å². The van der Waals surface area contributed by atoms with Crippen LogP contribution in [-0.2, 0) is 16.0 Å². The molecule has 8 heteroatoms. The Bertz CT molecular complexity index is 805. The second-order valence-corrected chi connectivity index (χ2v) is 7.54. The van der Waals surface area contributed by atoms with Gasteiger partial charge >= 0.3 is 0 Å². The molecule has 3 rings (SSSR count). The number of aryl methyl sites for hydroxylation is 1. The van der Waals surface area contributed by atoms with Gasteiger partial charge in [0.15, 0.2) is 0 Å². The molecule has 150 valence electrons. The standard InChI is InChI=1S/C20H27N5O3/c1-14(2)13-24-11-12-25(15(3)20(24)27)18(26)6-4-5-17-22-19(23-28-17)16-7-9-21-10-8-16/h7-10,14-15H,4-6,11-13H2,1-3H3/t15-/m0/s1. The number of hydrogen-bond donors (Lipinski definition) is 0. The number of nitrogens with zero attached hydrogens (tertiary/aromatic N) is 5. The van der Waals surface area contributed by atoms with Crippen LogP contribution in [0.25, 0.3) is 11.4 Å². The van der Waals surface area contributed by atoms with Gasteiger partial charge in [0.05, 0.1) is 0 Å². The summed E-state index contributed by atoms with van der Waals surface area (Å²) in [5.74, 6) is 1.48. The predicted octanol–water partition coefficient (Wildman–Crippen LogP) is 2.17. The molecular weight excluding hydrogens is 358 g/mol. The van der Waals surface area contributed by atoms with Crippen LogP contribution in [0, 0.1) is 5.92 Å². The quantitative estimate of drug-likeness (QED) is 0.725. The van der Waals surface area contributed by atoms with Crippen LogP contribution in [0.15, 0.2) is 29.0 Å². The zero-order chi connectivity index (χ0) is 20.1. The van der Waals surface area contributed by atoms with Crippen molar-refractivity contribution in [3.8, 4) is 11.4 Å². The first kappa shape index (κ1) is 20.0. The molecule has 2 amide bonds. The van der Waals surface area contributed by atoms with Crippen molar-refractivity contribution in [1.82, 2.24) is 24.9 Å². The number of hydrogen-bond acceptors (Lipinski definition) is 6. The molecule has 1 aliphatic heterocycles. The molecule has 3 heterocycles. The maximum absolute atomic E-state index is 12.6. The van der Waals surface area contributed by atoms with E-state index in [0.717, 1.165) is 12.1 Å². The van der Waals surface area contributed by atoms with Crippen LogP contribution in [0.1, 0.15) is 39.5 Å². The van der Waals surface area contributed by atoms with Crippen LogP contribution >= 0.6 is 0 Å². The van der Waals surface area contributed by atoms with Gasteiger partial charge < -0.3 is 14.3 Å². The van der Waals surface area contributed by atoms with Gasteiger partial charge in [0.25, 0.3) is 0 Å². The second-order valence-electron chi connectivity index (χ2n) is 7.54. The Kier molecular flexibility index (Phi) is 6.38. The zero-order valence-corrected chi connectivity index (χ0v) is 16.7. The van der Waals surface area contributed by atoms with E-state index >= 15 is 0 Å². The average molecular weight is 385 g/mol. The molecule has 0 radical (unpaired) electrons. The maximum Gasteiger partial charge on any atom is 0.245 e. The van der Waals surface area contributed by atoms with Crippen LogP contribution in [-0.4, -0.2) is 62.4 Å². The van der Waals surface area contributed by atoms with Crippen LogP contribution in [0.4, 0.5) is 0 Å². The SMILES string of the molecule is CC(C)CN1CCN(C(=O)CCCc2nc(-c3ccncc3)no2)[C@@H](C)C1=O. The van der Waals surface area contributed by atoms with E-state index < -0.39 is 6.04 Å². The van der Waals surface area contributed by atoms with E-state index in [4.69, 9.17) is 4.52 Å². The van der Waals surface area contributed by atoms with Crippen molar-refractivity contribution in [3.05, 3.63) is 30.4 Å². The molecule has 1 saturated heterocycles. The molecule has 1 fully saturated rings. The third-order valence-electron chi connectivity index (χ3n) is 4.84. The van der Waals surface area contributed by atoms with Gasteiger partial charge in [-0.25, -0.2) is 0 Å². The number of piperazine rings is 1. The van der Waals surface area contributed by atoms with E-state index in [1.807, 2.05) is 24.0 Å². The number of amides is 2. The Hall–Kier alpha value is -2.77. The van der Waals surface area contributed by atoms with E-state index in [1.54, 1.807) is 17.3 Å². The molecule has 0 N–H and O–H groups in total. The van der Waals surface area contributed by atoms with Gasteiger partial charge in [-0.15, -0.1) is 0 Å². The Morgan fingerprint density at radius 3 is 2.75 bits per heavy atom. The summed E-state index contributed by atoms with van der Waals surface area (Å²) in [6.07, 6.45) is 4.83. The molecule has 2 aromatic heterocycles. The number of aromatic nitrogens is 3. The molecule has 0 aliphatic carbocycles. The lowest BCUT2D eigenvalue weighted by Gasteiger charge is -2.39. The molecule has 0 aromatic carbocycles. The first-order valence-electron chi connectivity index (χ1n) is 9.77. The van der Waals surface area contributed by atoms with Gasteiger partial charge in [0.2, 0.25) is 23.5 Å². The topological polar surface area (TPSA) is 92.4 Å². The smallest absolute Gasteiger partial charge is 0.245 e. The fourth-order valence-corrected chi connectivity index (χ4v) is 3.40. The van der Waals surface area contributed by atoms with Crippen molar-refractivity contribution in [2.24, 2.45) is 5.92 Å². The Morgan fingerprint density at radius 2 is 2.04 bits per heavy atom. The number of rotatable bonds is 7. The van der Waals surface area contributed by atoms with Gasteiger partial charge in [0.1, 0.15) is 6.04 Å².